The molecule has 1 unspecified atom stereocenters. The molecule has 1 saturated carbocycles. The highest BCUT2D eigenvalue weighted by Gasteiger charge is 2.43. The summed E-state index contributed by atoms with van der Waals surface area (Å²) in [6.45, 7) is 4.50. The van der Waals surface area contributed by atoms with Crippen molar-refractivity contribution in [2.24, 2.45) is 17.8 Å². The van der Waals surface area contributed by atoms with Crippen molar-refractivity contribution < 1.29 is 29.2 Å². The maximum atomic E-state index is 11.8. The van der Waals surface area contributed by atoms with E-state index in [1.54, 1.807) is 6.08 Å². The fraction of sp³-hybridized carbons (Fsp3) is 0.640. The highest BCUT2D eigenvalue weighted by molar-refractivity contribution is 5.69. The van der Waals surface area contributed by atoms with Crippen LogP contribution in [0.3, 0.4) is 0 Å². The molecule has 3 rings (SSSR count). The van der Waals surface area contributed by atoms with Crippen LogP contribution in [0.5, 0.6) is 5.75 Å². The highest BCUT2D eigenvalue weighted by Crippen LogP contribution is 2.41. The van der Waals surface area contributed by atoms with Crippen molar-refractivity contribution in [3.8, 4) is 5.75 Å². The van der Waals surface area contributed by atoms with Crippen LogP contribution in [0.25, 0.3) is 0 Å². The van der Waals surface area contributed by atoms with Crippen molar-refractivity contribution in [2.75, 3.05) is 13.2 Å². The highest BCUT2D eigenvalue weighted by atomic mass is 16.5. The predicted molar refractivity (Wildman–Crippen MR) is 118 cm³/mol. The lowest BCUT2D eigenvalue weighted by atomic mass is 9.86. The van der Waals surface area contributed by atoms with Crippen molar-refractivity contribution >= 4 is 5.97 Å². The van der Waals surface area contributed by atoms with Crippen molar-refractivity contribution in [3.05, 3.63) is 42.5 Å². The Labute approximate surface area is 185 Å². The van der Waals surface area contributed by atoms with E-state index in [4.69, 9.17) is 14.2 Å². The lowest BCUT2D eigenvalue weighted by Crippen LogP contribution is -2.22. The van der Waals surface area contributed by atoms with E-state index in [2.05, 4.69) is 0 Å². The fourth-order valence-electron chi connectivity index (χ4n) is 4.60. The fourth-order valence-corrected chi connectivity index (χ4v) is 4.60. The smallest absolute Gasteiger partial charge is 0.306 e. The van der Waals surface area contributed by atoms with Gasteiger partial charge in [0.15, 0.2) is 0 Å². The Morgan fingerprint density at radius 2 is 2.03 bits per heavy atom. The molecule has 1 aromatic carbocycles. The molecule has 0 radical (unpaired) electrons. The summed E-state index contributed by atoms with van der Waals surface area (Å²) in [5.41, 5.74) is 0. The molecule has 2 fully saturated rings. The molecule has 6 atom stereocenters. The van der Waals surface area contributed by atoms with E-state index in [1.807, 2.05) is 50.3 Å². The summed E-state index contributed by atoms with van der Waals surface area (Å²) >= 11 is 0. The van der Waals surface area contributed by atoms with Crippen LogP contribution >= 0.6 is 0 Å². The average Bonchev–Trinajstić information content (AvgIpc) is 2.90. The normalized spacial score (nSPS) is 29.5. The topological polar surface area (TPSA) is 85.2 Å². The number of hydrogen-bond acceptors (Lipinski definition) is 6. The van der Waals surface area contributed by atoms with Gasteiger partial charge in [0.05, 0.1) is 18.3 Å². The summed E-state index contributed by atoms with van der Waals surface area (Å²) in [5.74, 6) is 1.08. The van der Waals surface area contributed by atoms with E-state index < -0.39 is 12.2 Å². The molecular formula is C25H36O6. The molecule has 0 bridgehead atoms. The minimum Gasteiger partial charge on any atom is -0.491 e. The second-order valence-electron chi connectivity index (χ2n) is 9.01. The van der Waals surface area contributed by atoms with E-state index in [0.29, 0.717) is 25.4 Å². The van der Waals surface area contributed by atoms with Gasteiger partial charge >= 0.3 is 5.97 Å². The van der Waals surface area contributed by atoms with E-state index in [9.17, 15) is 15.0 Å². The van der Waals surface area contributed by atoms with Crippen molar-refractivity contribution in [3.63, 3.8) is 0 Å². The van der Waals surface area contributed by atoms with Crippen LogP contribution in [-0.2, 0) is 14.3 Å². The zero-order valence-electron chi connectivity index (χ0n) is 18.6. The number of aliphatic hydroxyl groups is 2. The number of aliphatic hydroxyl groups excluding tert-OH is 2. The molecule has 1 aliphatic carbocycles. The standard InChI is InChI=1S/C25H36O6/c1-17(2)31-25(28)13-9-18-8-11-22-21(23(27)14-24(22)30-15-18)12-10-19(26)16-29-20-6-4-3-5-7-20/h3-7,10,12,17-19,21-24,26-27H,8-9,11,13-16H2,1-2H3/b12-10+/t18?,19-,21-,22-,23-,24+/m1/s1. The lowest BCUT2D eigenvalue weighted by Gasteiger charge is -2.21. The van der Waals surface area contributed by atoms with Crippen LogP contribution in [0.1, 0.15) is 46.0 Å². The third-order valence-corrected chi connectivity index (χ3v) is 6.19. The molecule has 2 aliphatic rings. The maximum Gasteiger partial charge on any atom is 0.306 e. The third-order valence-electron chi connectivity index (χ3n) is 6.19. The van der Waals surface area contributed by atoms with Gasteiger partial charge in [-0.05, 0) is 57.1 Å². The number of carbonyl (C=O) groups is 1. The van der Waals surface area contributed by atoms with Gasteiger partial charge in [0.1, 0.15) is 18.5 Å². The Bertz CT molecular complexity index is 703. The van der Waals surface area contributed by atoms with Crippen LogP contribution in [0, 0.1) is 17.8 Å². The molecule has 31 heavy (non-hydrogen) atoms. The summed E-state index contributed by atoms with van der Waals surface area (Å²) in [5, 5.41) is 20.8. The first-order chi connectivity index (χ1) is 14.9. The van der Waals surface area contributed by atoms with Gasteiger partial charge in [0.2, 0.25) is 0 Å². The van der Waals surface area contributed by atoms with E-state index in [1.165, 1.54) is 0 Å². The van der Waals surface area contributed by atoms with Gasteiger partial charge in [0, 0.05) is 25.4 Å². The van der Waals surface area contributed by atoms with Crippen molar-refractivity contribution in [2.45, 2.75) is 70.4 Å². The van der Waals surface area contributed by atoms with Gasteiger partial charge in [-0.15, -0.1) is 0 Å². The van der Waals surface area contributed by atoms with Crippen LogP contribution in [0.2, 0.25) is 0 Å². The molecule has 172 valence electrons. The second kappa shape index (κ2) is 11.7. The van der Waals surface area contributed by atoms with Crippen LogP contribution < -0.4 is 4.74 Å². The van der Waals surface area contributed by atoms with Gasteiger partial charge in [-0.3, -0.25) is 4.79 Å². The molecule has 0 spiro atoms. The van der Waals surface area contributed by atoms with Gasteiger partial charge in [-0.25, -0.2) is 0 Å². The van der Waals surface area contributed by atoms with Crippen LogP contribution in [0.4, 0.5) is 0 Å². The SMILES string of the molecule is CC(C)OC(=O)CCC1CC[C@@H]2[C@@H](/C=C/[C@@H](O)COc3ccccc3)[C@H](O)C[C@@H]2OC1. The Morgan fingerprint density at radius 1 is 1.26 bits per heavy atom. The maximum absolute atomic E-state index is 11.8. The van der Waals surface area contributed by atoms with E-state index >= 15 is 0 Å². The molecule has 6 heteroatoms. The third kappa shape index (κ3) is 7.34. The quantitative estimate of drug-likeness (QED) is 0.459. The minimum atomic E-state index is -0.738. The number of ether oxygens (including phenoxy) is 3. The number of esters is 1. The van der Waals surface area contributed by atoms with E-state index in [0.717, 1.165) is 25.0 Å². The molecule has 1 aliphatic heterocycles. The molecule has 1 heterocycles. The largest absolute Gasteiger partial charge is 0.491 e. The van der Waals surface area contributed by atoms with Gasteiger partial charge in [-0.2, -0.15) is 0 Å². The van der Waals surface area contributed by atoms with E-state index in [-0.39, 0.29) is 36.6 Å². The molecule has 1 saturated heterocycles. The van der Waals surface area contributed by atoms with Gasteiger partial charge in [-0.1, -0.05) is 30.4 Å². The number of para-hydroxylation sites is 1. The molecule has 0 amide bonds. The number of hydrogen-bond donors (Lipinski definition) is 2. The van der Waals surface area contributed by atoms with Crippen LogP contribution in [-0.4, -0.2) is 53.8 Å². The molecule has 6 nitrogen and oxygen atoms in total. The lowest BCUT2D eigenvalue weighted by molar-refractivity contribution is -0.147. The summed E-state index contributed by atoms with van der Waals surface area (Å²) in [7, 11) is 0. The predicted octanol–water partition coefficient (Wildman–Crippen LogP) is 3.51. The molecule has 2 N–H and O–H groups in total. The second-order valence-corrected chi connectivity index (χ2v) is 9.01. The van der Waals surface area contributed by atoms with Gasteiger partial charge < -0.3 is 24.4 Å². The number of rotatable bonds is 9. The summed E-state index contributed by atoms with van der Waals surface area (Å²) in [6, 6.07) is 9.39. The Kier molecular flexibility index (Phi) is 8.93. The minimum absolute atomic E-state index is 0.0231. The average molecular weight is 433 g/mol. The zero-order chi connectivity index (χ0) is 22.2. The molecule has 1 aromatic rings. The summed E-state index contributed by atoms with van der Waals surface area (Å²) in [6.07, 6.45) is 6.09. The van der Waals surface area contributed by atoms with Crippen LogP contribution in [0.15, 0.2) is 42.5 Å². The first kappa shape index (κ1) is 23.8. The Balaban J connectivity index is 1.47. The zero-order valence-corrected chi connectivity index (χ0v) is 18.6. The van der Waals surface area contributed by atoms with Gasteiger partial charge in [0.25, 0.3) is 0 Å². The molecule has 0 aromatic heterocycles. The number of fused-ring (bicyclic) bond motifs is 1. The monoisotopic (exact) mass is 432 g/mol. The number of benzene rings is 1. The number of carbonyl (C=O) groups excluding carboxylic acids is 1. The van der Waals surface area contributed by atoms with Crippen molar-refractivity contribution in [1.29, 1.82) is 0 Å². The van der Waals surface area contributed by atoms with Crippen molar-refractivity contribution in [1.82, 2.24) is 0 Å². The molecular weight excluding hydrogens is 396 g/mol. The Morgan fingerprint density at radius 3 is 2.77 bits per heavy atom. The first-order valence-corrected chi connectivity index (χ1v) is 11.5. The Hall–Kier alpha value is -1.89. The first-order valence-electron chi connectivity index (χ1n) is 11.5. The summed E-state index contributed by atoms with van der Waals surface area (Å²) < 4.78 is 17.0. The summed E-state index contributed by atoms with van der Waals surface area (Å²) in [4.78, 5) is 11.8.